The Morgan fingerprint density at radius 1 is 0.943 bits per heavy atom. The van der Waals surface area contributed by atoms with Gasteiger partial charge in [-0.15, -0.1) is 0 Å². The number of benzene rings is 3. The predicted molar refractivity (Wildman–Crippen MR) is 133 cm³/mol. The Kier molecular flexibility index (Phi) is 9.14. The summed E-state index contributed by atoms with van der Waals surface area (Å²) in [4.78, 5) is 12.7. The molecule has 1 amide bonds. The molecule has 0 fully saturated rings. The third-order valence-corrected chi connectivity index (χ3v) is 5.11. The number of methoxy groups -OCH3 is 2. The molecular formula is C28H28N2O5. The molecule has 0 aliphatic carbocycles. The van der Waals surface area contributed by atoms with Crippen molar-refractivity contribution in [2.24, 2.45) is 0 Å². The number of hydrogen-bond donors (Lipinski definition) is 1. The Balaban J connectivity index is 1.72. The number of amides is 1. The van der Waals surface area contributed by atoms with E-state index in [9.17, 15) is 10.1 Å². The van der Waals surface area contributed by atoms with Gasteiger partial charge in [0.25, 0.3) is 5.91 Å². The van der Waals surface area contributed by atoms with E-state index in [1.54, 1.807) is 50.6 Å². The molecule has 0 aromatic heterocycles. The number of nitrogens with zero attached hydrogens (tertiary/aromatic N) is 1. The van der Waals surface area contributed by atoms with E-state index >= 15 is 0 Å². The van der Waals surface area contributed by atoms with Crippen molar-refractivity contribution in [3.05, 3.63) is 89.0 Å². The molecule has 7 nitrogen and oxygen atoms in total. The molecule has 3 rings (SSSR count). The summed E-state index contributed by atoms with van der Waals surface area (Å²) in [5, 5.41) is 12.4. The molecular weight excluding hydrogens is 444 g/mol. The normalized spacial score (nSPS) is 10.7. The molecule has 0 atom stereocenters. The van der Waals surface area contributed by atoms with E-state index in [2.05, 4.69) is 5.32 Å². The second kappa shape index (κ2) is 12.7. The topological polar surface area (TPSA) is 89.8 Å². The first kappa shape index (κ1) is 25.2. The Hall–Kier alpha value is -4.44. The fraction of sp³-hybridized carbons (Fsp3) is 0.214. The van der Waals surface area contributed by atoms with Crippen LogP contribution in [0.3, 0.4) is 0 Å². The fourth-order valence-electron chi connectivity index (χ4n) is 3.32. The SMILES string of the molecule is CCOc1cc(/C=C(\C#N)C(=O)NCc2ccc(OC)cc2OC)ccc1OCc1ccccc1. The smallest absolute Gasteiger partial charge is 0.262 e. The van der Waals surface area contributed by atoms with Crippen LogP contribution in [0.1, 0.15) is 23.6 Å². The number of carbonyl (C=O) groups is 1. The molecule has 3 aromatic rings. The zero-order valence-corrected chi connectivity index (χ0v) is 20.0. The van der Waals surface area contributed by atoms with Crippen LogP contribution in [-0.2, 0) is 17.9 Å². The van der Waals surface area contributed by atoms with Crippen molar-refractivity contribution in [1.29, 1.82) is 5.26 Å². The van der Waals surface area contributed by atoms with Crippen molar-refractivity contribution in [3.63, 3.8) is 0 Å². The van der Waals surface area contributed by atoms with Crippen molar-refractivity contribution in [3.8, 4) is 29.1 Å². The van der Waals surface area contributed by atoms with Gasteiger partial charge in [-0.2, -0.15) is 5.26 Å². The average molecular weight is 473 g/mol. The number of carbonyl (C=O) groups excluding carboxylic acids is 1. The zero-order valence-electron chi connectivity index (χ0n) is 20.0. The van der Waals surface area contributed by atoms with Gasteiger partial charge in [0.1, 0.15) is 29.7 Å². The molecule has 7 heteroatoms. The van der Waals surface area contributed by atoms with E-state index in [0.717, 1.165) is 11.1 Å². The minimum Gasteiger partial charge on any atom is -0.497 e. The molecule has 0 saturated carbocycles. The summed E-state index contributed by atoms with van der Waals surface area (Å²) in [5.74, 6) is 1.86. The van der Waals surface area contributed by atoms with Gasteiger partial charge >= 0.3 is 0 Å². The lowest BCUT2D eigenvalue weighted by Gasteiger charge is -2.13. The molecule has 0 aliphatic heterocycles. The monoisotopic (exact) mass is 472 g/mol. The summed E-state index contributed by atoms with van der Waals surface area (Å²) in [7, 11) is 3.11. The molecule has 3 aromatic carbocycles. The van der Waals surface area contributed by atoms with Gasteiger partial charge in [-0.3, -0.25) is 4.79 Å². The van der Waals surface area contributed by atoms with E-state index in [-0.39, 0.29) is 12.1 Å². The summed E-state index contributed by atoms with van der Waals surface area (Å²) in [6.07, 6.45) is 1.52. The second-order valence-electron chi connectivity index (χ2n) is 7.44. The number of nitrogens with one attached hydrogen (secondary N) is 1. The Bertz CT molecular complexity index is 1220. The lowest BCUT2D eigenvalue weighted by molar-refractivity contribution is -0.117. The van der Waals surface area contributed by atoms with Crippen LogP contribution in [0.4, 0.5) is 0 Å². The van der Waals surface area contributed by atoms with Crippen LogP contribution >= 0.6 is 0 Å². The summed E-state index contributed by atoms with van der Waals surface area (Å²) >= 11 is 0. The van der Waals surface area contributed by atoms with Crippen LogP contribution in [0, 0.1) is 11.3 Å². The Morgan fingerprint density at radius 2 is 1.74 bits per heavy atom. The first-order valence-corrected chi connectivity index (χ1v) is 11.1. The Morgan fingerprint density at radius 3 is 2.43 bits per heavy atom. The van der Waals surface area contributed by atoms with Gasteiger partial charge in [0.05, 0.1) is 20.8 Å². The summed E-state index contributed by atoms with van der Waals surface area (Å²) < 4.78 is 22.2. The lowest BCUT2D eigenvalue weighted by Crippen LogP contribution is -2.24. The van der Waals surface area contributed by atoms with E-state index in [4.69, 9.17) is 18.9 Å². The van der Waals surface area contributed by atoms with Crippen molar-refractivity contribution < 1.29 is 23.7 Å². The van der Waals surface area contributed by atoms with Crippen LogP contribution in [0.5, 0.6) is 23.0 Å². The van der Waals surface area contributed by atoms with Gasteiger partial charge in [0.15, 0.2) is 11.5 Å². The van der Waals surface area contributed by atoms with E-state index in [1.165, 1.54) is 6.08 Å². The number of rotatable bonds is 11. The third-order valence-electron chi connectivity index (χ3n) is 5.11. The summed E-state index contributed by atoms with van der Waals surface area (Å²) in [6.45, 7) is 2.92. The highest BCUT2D eigenvalue weighted by Crippen LogP contribution is 2.30. The molecule has 0 saturated heterocycles. The molecule has 35 heavy (non-hydrogen) atoms. The van der Waals surface area contributed by atoms with Gasteiger partial charge in [-0.05, 0) is 48.4 Å². The van der Waals surface area contributed by atoms with E-state index < -0.39 is 5.91 Å². The molecule has 1 N–H and O–H groups in total. The maximum absolute atomic E-state index is 12.7. The molecule has 0 spiro atoms. The van der Waals surface area contributed by atoms with Crippen LogP contribution in [0.25, 0.3) is 6.08 Å². The molecule has 0 unspecified atom stereocenters. The third kappa shape index (κ3) is 7.02. The highest BCUT2D eigenvalue weighted by molar-refractivity contribution is 6.01. The highest BCUT2D eigenvalue weighted by atomic mass is 16.5. The quantitative estimate of drug-likeness (QED) is 0.315. The van der Waals surface area contributed by atoms with Crippen LogP contribution < -0.4 is 24.3 Å². The maximum atomic E-state index is 12.7. The fourth-order valence-corrected chi connectivity index (χ4v) is 3.32. The van der Waals surface area contributed by atoms with Crippen molar-refractivity contribution >= 4 is 12.0 Å². The van der Waals surface area contributed by atoms with Gasteiger partial charge in [-0.25, -0.2) is 0 Å². The summed E-state index contributed by atoms with van der Waals surface area (Å²) in [6, 6.07) is 22.4. The van der Waals surface area contributed by atoms with Gasteiger partial charge < -0.3 is 24.3 Å². The number of hydrogen-bond acceptors (Lipinski definition) is 6. The number of ether oxygens (including phenoxy) is 4. The minimum atomic E-state index is -0.493. The van der Waals surface area contributed by atoms with Crippen LogP contribution in [0.15, 0.2) is 72.3 Å². The van der Waals surface area contributed by atoms with Crippen molar-refractivity contribution in [1.82, 2.24) is 5.32 Å². The van der Waals surface area contributed by atoms with Crippen LogP contribution in [0.2, 0.25) is 0 Å². The first-order chi connectivity index (χ1) is 17.1. The average Bonchev–Trinajstić information content (AvgIpc) is 2.90. The largest absolute Gasteiger partial charge is 0.497 e. The van der Waals surface area contributed by atoms with Gasteiger partial charge in [0, 0.05) is 18.2 Å². The minimum absolute atomic E-state index is 0.0297. The summed E-state index contributed by atoms with van der Waals surface area (Å²) in [5.41, 5.74) is 2.42. The van der Waals surface area contributed by atoms with E-state index in [1.807, 2.05) is 43.3 Å². The molecule has 0 aliphatic rings. The standard InChI is InChI=1S/C28H28N2O5/c1-4-34-27-15-21(10-13-25(27)35-19-20-8-6-5-7-9-20)14-23(17-29)28(31)30-18-22-11-12-24(32-2)16-26(22)33-3/h5-16H,4,18-19H2,1-3H3,(H,30,31)/b23-14+. The molecule has 180 valence electrons. The second-order valence-corrected chi connectivity index (χ2v) is 7.44. The number of nitriles is 1. The molecule has 0 bridgehead atoms. The predicted octanol–water partition coefficient (Wildman–Crippen LogP) is 4.90. The van der Waals surface area contributed by atoms with Crippen LogP contribution in [-0.4, -0.2) is 26.7 Å². The maximum Gasteiger partial charge on any atom is 0.262 e. The van der Waals surface area contributed by atoms with Gasteiger partial charge in [-0.1, -0.05) is 36.4 Å². The molecule has 0 heterocycles. The van der Waals surface area contributed by atoms with Crippen molar-refractivity contribution in [2.45, 2.75) is 20.1 Å². The van der Waals surface area contributed by atoms with Crippen molar-refractivity contribution in [2.75, 3.05) is 20.8 Å². The lowest BCUT2D eigenvalue weighted by atomic mass is 10.1. The first-order valence-electron chi connectivity index (χ1n) is 11.1. The zero-order chi connectivity index (χ0) is 25.0. The molecule has 0 radical (unpaired) electrons. The van der Waals surface area contributed by atoms with E-state index in [0.29, 0.717) is 41.8 Å². The highest BCUT2D eigenvalue weighted by Gasteiger charge is 2.13. The Labute approximate surface area is 205 Å². The van der Waals surface area contributed by atoms with Gasteiger partial charge in [0.2, 0.25) is 0 Å².